The zero-order valence-electron chi connectivity index (χ0n) is 9.91. The molecule has 2 rings (SSSR count). The van der Waals surface area contributed by atoms with E-state index in [2.05, 4.69) is 5.32 Å². The van der Waals surface area contributed by atoms with E-state index in [0.717, 1.165) is 11.6 Å². The molecule has 0 spiro atoms. The lowest BCUT2D eigenvalue weighted by Gasteiger charge is -2.11. The van der Waals surface area contributed by atoms with Crippen LogP contribution < -0.4 is 5.32 Å². The van der Waals surface area contributed by atoms with Crippen molar-refractivity contribution in [2.75, 3.05) is 6.54 Å². The zero-order valence-corrected chi connectivity index (χ0v) is 10.7. The highest BCUT2D eigenvalue weighted by molar-refractivity contribution is 7.07. The van der Waals surface area contributed by atoms with Crippen LogP contribution in [0.15, 0.2) is 35.0 Å². The molecule has 6 heteroatoms. The second kappa shape index (κ2) is 5.73. The first kappa shape index (κ1) is 13.4. The molecule has 0 saturated heterocycles. The van der Waals surface area contributed by atoms with Crippen molar-refractivity contribution in [2.24, 2.45) is 0 Å². The fraction of sp³-hybridized carbons (Fsp3) is 0.154. The van der Waals surface area contributed by atoms with Crippen molar-refractivity contribution in [3.63, 3.8) is 0 Å². The van der Waals surface area contributed by atoms with Crippen LogP contribution in [-0.4, -0.2) is 27.8 Å². The molecule has 2 aromatic rings. The maximum Gasteiger partial charge on any atom is 0.251 e. The molecule has 1 atom stereocenters. The van der Waals surface area contributed by atoms with Gasteiger partial charge in [0.1, 0.15) is 11.5 Å². The summed E-state index contributed by atoms with van der Waals surface area (Å²) in [6.07, 6.45) is -0.777. The van der Waals surface area contributed by atoms with Gasteiger partial charge in [-0.25, -0.2) is 0 Å². The van der Waals surface area contributed by atoms with Gasteiger partial charge in [0.15, 0.2) is 0 Å². The minimum absolute atomic E-state index is 0.0615. The van der Waals surface area contributed by atoms with Crippen LogP contribution in [0.1, 0.15) is 22.0 Å². The van der Waals surface area contributed by atoms with Gasteiger partial charge in [-0.3, -0.25) is 4.79 Å². The van der Waals surface area contributed by atoms with E-state index in [0.29, 0.717) is 0 Å². The number of phenolic OH excluding ortho intramolecular Hbond substituents is 2. The lowest BCUT2D eigenvalue weighted by Crippen LogP contribution is -2.28. The molecular formula is C13H13NO4S. The van der Waals surface area contributed by atoms with Gasteiger partial charge in [-0.1, -0.05) is 0 Å². The number of benzene rings is 1. The van der Waals surface area contributed by atoms with E-state index in [1.807, 2.05) is 5.38 Å². The zero-order chi connectivity index (χ0) is 13.8. The third kappa shape index (κ3) is 3.46. The van der Waals surface area contributed by atoms with E-state index in [1.165, 1.54) is 23.5 Å². The smallest absolute Gasteiger partial charge is 0.251 e. The molecule has 5 nitrogen and oxygen atoms in total. The highest BCUT2D eigenvalue weighted by Crippen LogP contribution is 2.20. The van der Waals surface area contributed by atoms with Gasteiger partial charge in [0.25, 0.3) is 5.91 Å². The SMILES string of the molecule is O=C(NCC(O)c1ccsc1)c1cc(O)cc(O)c1. The molecule has 0 radical (unpaired) electrons. The van der Waals surface area contributed by atoms with Crippen LogP contribution in [0.5, 0.6) is 11.5 Å². The summed E-state index contributed by atoms with van der Waals surface area (Å²) in [5, 5.41) is 34.6. The normalized spacial score (nSPS) is 12.1. The Labute approximate surface area is 113 Å². The van der Waals surface area contributed by atoms with Gasteiger partial charge < -0.3 is 20.6 Å². The molecule has 1 aromatic carbocycles. The summed E-state index contributed by atoms with van der Waals surface area (Å²) in [5.41, 5.74) is 0.874. The molecule has 100 valence electrons. The van der Waals surface area contributed by atoms with Crippen LogP contribution in [-0.2, 0) is 0 Å². The number of aliphatic hydroxyl groups is 1. The largest absolute Gasteiger partial charge is 0.508 e. The summed E-state index contributed by atoms with van der Waals surface area (Å²) in [6.45, 7) is 0.0615. The van der Waals surface area contributed by atoms with Crippen molar-refractivity contribution in [1.29, 1.82) is 0 Å². The van der Waals surface area contributed by atoms with Crippen LogP contribution in [0.3, 0.4) is 0 Å². The van der Waals surface area contributed by atoms with Crippen LogP contribution in [0, 0.1) is 0 Å². The van der Waals surface area contributed by atoms with Crippen molar-refractivity contribution in [3.8, 4) is 11.5 Å². The van der Waals surface area contributed by atoms with Crippen molar-refractivity contribution in [2.45, 2.75) is 6.10 Å². The molecule has 1 unspecified atom stereocenters. The van der Waals surface area contributed by atoms with Crippen molar-refractivity contribution in [3.05, 3.63) is 46.2 Å². The van der Waals surface area contributed by atoms with Gasteiger partial charge >= 0.3 is 0 Å². The number of rotatable bonds is 4. The highest BCUT2D eigenvalue weighted by Gasteiger charge is 2.12. The van der Waals surface area contributed by atoms with Gasteiger partial charge in [-0.05, 0) is 34.5 Å². The maximum atomic E-state index is 11.8. The maximum absolute atomic E-state index is 11.8. The van der Waals surface area contributed by atoms with E-state index >= 15 is 0 Å². The molecule has 0 bridgehead atoms. The van der Waals surface area contributed by atoms with Crippen LogP contribution in [0.25, 0.3) is 0 Å². The van der Waals surface area contributed by atoms with Crippen molar-refractivity contribution >= 4 is 17.2 Å². The number of thiophene rings is 1. The number of phenols is 2. The Kier molecular flexibility index (Phi) is 4.03. The second-order valence-electron chi connectivity index (χ2n) is 4.02. The van der Waals surface area contributed by atoms with E-state index in [4.69, 9.17) is 0 Å². The third-order valence-corrected chi connectivity index (χ3v) is 3.25. The van der Waals surface area contributed by atoms with Crippen LogP contribution in [0.4, 0.5) is 0 Å². The molecule has 0 fully saturated rings. The van der Waals surface area contributed by atoms with Gasteiger partial charge in [0, 0.05) is 18.2 Å². The van der Waals surface area contributed by atoms with Crippen LogP contribution >= 0.6 is 11.3 Å². The number of aromatic hydroxyl groups is 2. The Bertz CT molecular complexity index is 548. The molecule has 0 aliphatic heterocycles. The molecule has 1 aromatic heterocycles. The number of hydrogen-bond donors (Lipinski definition) is 4. The van der Waals surface area contributed by atoms with E-state index in [-0.39, 0.29) is 23.6 Å². The third-order valence-electron chi connectivity index (χ3n) is 2.55. The molecule has 1 heterocycles. The number of carbonyl (C=O) groups excluding carboxylic acids is 1. The number of aliphatic hydroxyl groups excluding tert-OH is 1. The molecule has 4 N–H and O–H groups in total. The fourth-order valence-corrected chi connectivity index (χ4v) is 2.31. The van der Waals surface area contributed by atoms with E-state index in [1.54, 1.807) is 11.4 Å². The average Bonchev–Trinajstić information content (AvgIpc) is 2.88. The highest BCUT2D eigenvalue weighted by atomic mass is 32.1. The molecule has 19 heavy (non-hydrogen) atoms. The summed E-state index contributed by atoms with van der Waals surface area (Å²) < 4.78 is 0. The Morgan fingerprint density at radius 2 is 1.95 bits per heavy atom. The first-order chi connectivity index (χ1) is 9.06. The Morgan fingerprint density at radius 1 is 1.26 bits per heavy atom. The molecule has 1 amide bonds. The number of hydrogen-bond acceptors (Lipinski definition) is 5. The Balaban J connectivity index is 1.98. The summed E-state index contributed by atoms with van der Waals surface area (Å²) in [7, 11) is 0. The predicted octanol–water partition coefficient (Wildman–Crippen LogP) is 1.62. The summed E-state index contributed by atoms with van der Waals surface area (Å²) in [6, 6.07) is 5.40. The standard InChI is InChI=1S/C13H13NO4S/c15-10-3-9(4-11(16)5-10)13(18)14-6-12(17)8-1-2-19-7-8/h1-5,7,12,15-17H,6H2,(H,14,18). The fourth-order valence-electron chi connectivity index (χ4n) is 1.60. The van der Waals surface area contributed by atoms with E-state index < -0.39 is 12.0 Å². The minimum atomic E-state index is -0.777. The molecular weight excluding hydrogens is 266 g/mol. The second-order valence-corrected chi connectivity index (χ2v) is 4.80. The first-order valence-electron chi connectivity index (χ1n) is 5.57. The van der Waals surface area contributed by atoms with E-state index in [9.17, 15) is 20.1 Å². The number of nitrogens with one attached hydrogen (secondary N) is 1. The molecule has 0 aliphatic rings. The van der Waals surface area contributed by atoms with Crippen molar-refractivity contribution < 1.29 is 20.1 Å². The van der Waals surface area contributed by atoms with Crippen molar-refractivity contribution in [1.82, 2.24) is 5.32 Å². The summed E-state index contributed by atoms with van der Waals surface area (Å²) in [5.74, 6) is -0.854. The number of carbonyl (C=O) groups is 1. The minimum Gasteiger partial charge on any atom is -0.508 e. The monoisotopic (exact) mass is 279 g/mol. The quantitative estimate of drug-likeness (QED) is 0.684. The Hall–Kier alpha value is -2.05. The van der Waals surface area contributed by atoms with Gasteiger partial charge in [0.05, 0.1) is 6.10 Å². The molecule has 0 saturated carbocycles. The average molecular weight is 279 g/mol. The predicted molar refractivity (Wildman–Crippen MR) is 71.4 cm³/mol. The van der Waals surface area contributed by atoms with Gasteiger partial charge in [-0.2, -0.15) is 11.3 Å². The molecule has 0 aliphatic carbocycles. The Morgan fingerprint density at radius 3 is 2.53 bits per heavy atom. The van der Waals surface area contributed by atoms with Gasteiger partial charge in [-0.15, -0.1) is 0 Å². The number of amides is 1. The topological polar surface area (TPSA) is 89.8 Å². The summed E-state index contributed by atoms with van der Waals surface area (Å²) >= 11 is 1.46. The van der Waals surface area contributed by atoms with Crippen LogP contribution in [0.2, 0.25) is 0 Å². The lowest BCUT2D eigenvalue weighted by molar-refractivity contribution is 0.0916. The first-order valence-corrected chi connectivity index (χ1v) is 6.52. The van der Waals surface area contributed by atoms with Gasteiger partial charge in [0.2, 0.25) is 0 Å². The lowest BCUT2D eigenvalue weighted by atomic mass is 10.1. The summed E-state index contributed by atoms with van der Waals surface area (Å²) in [4.78, 5) is 11.8.